The highest BCUT2D eigenvalue weighted by Crippen LogP contribution is 2.50. The summed E-state index contributed by atoms with van der Waals surface area (Å²) < 4.78 is 0. The SMILES string of the molecule is N[C@@H](CC(CC1CC2CCC1C2)C(=O)O)C(=O)O. The molecule has 0 amide bonds. The van der Waals surface area contributed by atoms with Crippen LogP contribution in [0, 0.1) is 23.7 Å². The standard InChI is InChI=1S/C13H21NO4/c14-11(13(17)18)6-10(12(15)16)5-9-4-7-1-2-8(9)3-7/h7-11H,1-6,14H2,(H,15,16)(H,17,18)/t7?,8?,9?,10?,11-/m0/s1. The van der Waals surface area contributed by atoms with Crippen molar-refractivity contribution >= 4 is 11.9 Å². The maximum absolute atomic E-state index is 11.2. The number of carboxylic acids is 2. The number of carboxylic acid groups (broad SMARTS) is 2. The van der Waals surface area contributed by atoms with Gasteiger partial charge in [0.15, 0.2) is 0 Å². The third kappa shape index (κ3) is 2.83. The quantitative estimate of drug-likeness (QED) is 0.664. The summed E-state index contributed by atoms with van der Waals surface area (Å²) in [5.74, 6) is -0.726. The van der Waals surface area contributed by atoms with Crippen molar-refractivity contribution in [2.45, 2.75) is 44.6 Å². The van der Waals surface area contributed by atoms with Gasteiger partial charge in [0.05, 0.1) is 5.92 Å². The number of aliphatic carboxylic acids is 2. The van der Waals surface area contributed by atoms with E-state index >= 15 is 0 Å². The van der Waals surface area contributed by atoms with E-state index in [-0.39, 0.29) is 6.42 Å². The topological polar surface area (TPSA) is 101 Å². The Morgan fingerprint density at radius 1 is 1.17 bits per heavy atom. The molecule has 2 fully saturated rings. The Labute approximate surface area is 106 Å². The Morgan fingerprint density at radius 3 is 2.33 bits per heavy atom. The second kappa shape index (κ2) is 5.26. The Kier molecular flexibility index (Phi) is 3.90. The molecule has 4 N–H and O–H groups in total. The molecule has 0 aromatic carbocycles. The summed E-state index contributed by atoms with van der Waals surface area (Å²) in [7, 11) is 0. The molecule has 5 nitrogen and oxygen atoms in total. The van der Waals surface area contributed by atoms with Gasteiger partial charge in [-0.1, -0.05) is 6.42 Å². The predicted molar refractivity (Wildman–Crippen MR) is 64.9 cm³/mol. The first kappa shape index (κ1) is 13.3. The summed E-state index contributed by atoms with van der Waals surface area (Å²) in [5, 5.41) is 17.9. The van der Waals surface area contributed by atoms with Crippen molar-refractivity contribution in [3.05, 3.63) is 0 Å². The number of rotatable bonds is 6. The zero-order valence-corrected chi connectivity index (χ0v) is 10.4. The lowest BCUT2D eigenvalue weighted by Gasteiger charge is -2.25. The number of hydrogen-bond acceptors (Lipinski definition) is 3. The summed E-state index contributed by atoms with van der Waals surface area (Å²) in [4.78, 5) is 21.9. The van der Waals surface area contributed by atoms with Crippen LogP contribution in [0.25, 0.3) is 0 Å². The maximum atomic E-state index is 11.2. The van der Waals surface area contributed by atoms with E-state index in [1.54, 1.807) is 0 Å². The van der Waals surface area contributed by atoms with Crippen LogP contribution >= 0.6 is 0 Å². The summed E-state index contributed by atoms with van der Waals surface area (Å²) in [6.07, 6.45) is 5.50. The van der Waals surface area contributed by atoms with Crippen LogP contribution in [0.3, 0.4) is 0 Å². The van der Waals surface area contributed by atoms with Gasteiger partial charge >= 0.3 is 11.9 Å². The molecular formula is C13H21NO4. The Morgan fingerprint density at radius 2 is 1.89 bits per heavy atom. The summed E-state index contributed by atoms with van der Waals surface area (Å²) in [6, 6.07) is -1.07. The molecule has 0 aliphatic heterocycles. The smallest absolute Gasteiger partial charge is 0.320 e. The molecule has 0 saturated heterocycles. The van der Waals surface area contributed by atoms with Gasteiger partial charge in [0.25, 0.3) is 0 Å². The third-order valence-corrected chi connectivity index (χ3v) is 4.68. The molecule has 102 valence electrons. The van der Waals surface area contributed by atoms with Crippen LogP contribution in [0.4, 0.5) is 0 Å². The van der Waals surface area contributed by atoms with Crippen molar-refractivity contribution in [1.29, 1.82) is 0 Å². The van der Waals surface area contributed by atoms with E-state index in [9.17, 15) is 14.7 Å². The molecule has 2 rings (SSSR count). The molecule has 5 atom stereocenters. The molecule has 2 aliphatic carbocycles. The first-order chi connectivity index (χ1) is 8.47. The monoisotopic (exact) mass is 255 g/mol. The molecular weight excluding hydrogens is 234 g/mol. The average molecular weight is 255 g/mol. The molecule has 0 radical (unpaired) electrons. The fraction of sp³-hybridized carbons (Fsp3) is 0.846. The summed E-state index contributed by atoms with van der Waals surface area (Å²) >= 11 is 0. The van der Waals surface area contributed by atoms with Crippen LogP contribution in [-0.2, 0) is 9.59 Å². The third-order valence-electron chi connectivity index (χ3n) is 4.68. The van der Waals surface area contributed by atoms with Crippen molar-refractivity contribution < 1.29 is 19.8 Å². The molecule has 2 saturated carbocycles. The highest BCUT2D eigenvalue weighted by molar-refractivity contribution is 5.75. The van der Waals surface area contributed by atoms with Crippen LogP contribution in [0.2, 0.25) is 0 Å². The van der Waals surface area contributed by atoms with Gasteiger partial charge in [-0.25, -0.2) is 0 Å². The number of hydrogen-bond donors (Lipinski definition) is 3. The van der Waals surface area contributed by atoms with Crippen molar-refractivity contribution in [2.75, 3.05) is 0 Å². The van der Waals surface area contributed by atoms with Crippen LogP contribution in [0.5, 0.6) is 0 Å². The van der Waals surface area contributed by atoms with Crippen LogP contribution in [-0.4, -0.2) is 28.2 Å². The van der Waals surface area contributed by atoms with Crippen LogP contribution in [0.1, 0.15) is 38.5 Å². The van der Waals surface area contributed by atoms with Gasteiger partial charge in [0.1, 0.15) is 6.04 Å². The second-order valence-corrected chi connectivity index (χ2v) is 5.89. The first-order valence-corrected chi connectivity index (χ1v) is 6.68. The van der Waals surface area contributed by atoms with Gasteiger partial charge in [-0.15, -0.1) is 0 Å². The van der Waals surface area contributed by atoms with Gasteiger partial charge in [-0.2, -0.15) is 0 Å². The van der Waals surface area contributed by atoms with Crippen molar-refractivity contribution in [3.63, 3.8) is 0 Å². The van der Waals surface area contributed by atoms with Gasteiger partial charge in [-0.05, 0) is 49.9 Å². The van der Waals surface area contributed by atoms with E-state index in [1.165, 1.54) is 19.3 Å². The lowest BCUT2D eigenvalue weighted by atomic mass is 9.80. The van der Waals surface area contributed by atoms with Crippen molar-refractivity contribution in [3.8, 4) is 0 Å². The van der Waals surface area contributed by atoms with E-state index in [0.29, 0.717) is 18.3 Å². The molecule has 0 aromatic rings. The van der Waals surface area contributed by atoms with Gasteiger partial charge in [-0.3, -0.25) is 9.59 Å². The number of fused-ring (bicyclic) bond motifs is 2. The minimum absolute atomic E-state index is 0.0402. The molecule has 0 spiro atoms. The Hall–Kier alpha value is -1.10. The van der Waals surface area contributed by atoms with Gasteiger partial charge in [0, 0.05) is 0 Å². The van der Waals surface area contributed by atoms with Crippen molar-refractivity contribution in [1.82, 2.24) is 0 Å². The van der Waals surface area contributed by atoms with E-state index in [4.69, 9.17) is 10.8 Å². The molecule has 0 aromatic heterocycles. The highest BCUT2D eigenvalue weighted by atomic mass is 16.4. The summed E-state index contributed by atoms with van der Waals surface area (Å²) in [6.45, 7) is 0. The maximum Gasteiger partial charge on any atom is 0.320 e. The molecule has 5 heteroatoms. The predicted octanol–water partition coefficient (Wildman–Crippen LogP) is 1.32. The Bertz CT molecular complexity index is 344. The van der Waals surface area contributed by atoms with Crippen molar-refractivity contribution in [2.24, 2.45) is 29.4 Å². The first-order valence-electron chi connectivity index (χ1n) is 6.68. The molecule has 2 aliphatic rings. The van der Waals surface area contributed by atoms with Gasteiger partial charge < -0.3 is 15.9 Å². The fourth-order valence-corrected chi connectivity index (χ4v) is 3.74. The highest BCUT2D eigenvalue weighted by Gasteiger charge is 2.41. The zero-order valence-electron chi connectivity index (χ0n) is 10.4. The van der Waals surface area contributed by atoms with E-state index in [2.05, 4.69) is 0 Å². The molecule has 2 bridgehead atoms. The average Bonchev–Trinajstić information content (AvgIpc) is 2.89. The minimum Gasteiger partial charge on any atom is -0.481 e. The zero-order chi connectivity index (χ0) is 13.3. The second-order valence-electron chi connectivity index (χ2n) is 5.89. The number of nitrogens with two attached hydrogens (primary N) is 1. The Balaban J connectivity index is 1.90. The largest absolute Gasteiger partial charge is 0.481 e. The van der Waals surface area contributed by atoms with Crippen LogP contribution in [0.15, 0.2) is 0 Å². The lowest BCUT2D eigenvalue weighted by Crippen LogP contribution is -2.35. The lowest BCUT2D eigenvalue weighted by molar-refractivity contribution is -0.144. The number of carbonyl (C=O) groups is 2. The molecule has 4 unspecified atom stereocenters. The fourth-order valence-electron chi connectivity index (χ4n) is 3.74. The van der Waals surface area contributed by atoms with Crippen LogP contribution < -0.4 is 5.73 Å². The van der Waals surface area contributed by atoms with E-state index < -0.39 is 23.9 Å². The molecule has 0 heterocycles. The van der Waals surface area contributed by atoms with E-state index in [1.807, 2.05) is 0 Å². The van der Waals surface area contributed by atoms with Gasteiger partial charge in [0.2, 0.25) is 0 Å². The van der Waals surface area contributed by atoms with E-state index in [0.717, 1.165) is 12.3 Å². The minimum atomic E-state index is -1.12. The normalized spacial score (nSPS) is 33.3. The molecule has 18 heavy (non-hydrogen) atoms. The summed E-state index contributed by atoms with van der Waals surface area (Å²) in [5.41, 5.74) is 5.44.